The van der Waals surface area contributed by atoms with Crippen LogP contribution < -0.4 is 0 Å². The molecule has 1 N–H and O–H groups in total. The van der Waals surface area contributed by atoms with Crippen molar-refractivity contribution in [2.75, 3.05) is 7.11 Å². The summed E-state index contributed by atoms with van der Waals surface area (Å²) in [4.78, 5) is 11.8. The molecule has 0 aliphatic carbocycles. The Hall–Kier alpha value is -1.65. The van der Waals surface area contributed by atoms with Crippen molar-refractivity contribution in [1.82, 2.24) is 0 Å². The Morgan fingerprint density at radius 3 is 2.52 bits per heavy atom. The molecule has 0 spiro atoms. The maximum Gasteiger partial charge on any atom is 0.335 e. The first-order valence-corrected chi connectivity index (χ1v) is 7.19. The molecule has 0 bridgehead atoms. The lowest BCUT2D eigenvalue weighted by molar-refractivity contribution is -0.185. The number of carbonyl (C=O) groups excluding carboxylic acids is 1. The zero-order chi connectivity index (χ0) is 15.4. The second kappa shape index (κ2) is 6.87. The predicted molar refractivity (Wildman–Crippen MR) is 80.5 cm³/mol. The summed E-state index contributed by atoms with van der Waals surface area (Å²) < 4.78 is 10.6. The number of aliphatic hydroxyl groups excluding tert-OH is 1. The molecule has 114 valence electrons. The van der Waals surface area contributed by atoms with Gasteiger partial charge in [0.05, 0.1) is 19.3 Å². The lowest BCUT2D eigenvalue weighted by Crippen LogP contribution is -2.51. The van der Waals surface area contributed by atoms with E-state index in [1.807, 2.05) is 49.4 Å². The topological polar surface area (TPSA) is 55.8 Å². The molecule has 21 heavy (non-hydrogen) atoms. The quantitative estimate of drug-likeness (QED) is 0.868. The molecule has 1 aliphatic rings. The van der Waals surface area contributed by atoms with Crippen molar-refractivity contribution in [3.8, 4) is 0 Å². The lowest BCUT2D eigenvalue weighted by Gasteiger charge is -2.40. The fourth-order valence-corrected chi connectivity index (χ4v) is 2.65. The van der Waals surface area contributed by atoms with Crippen LogP contribution in [-0.2, 0) is 14.3 Å². The Morgan fingerprint density at radius 2 is 1.90 bits per heavy atom. The highest BCUT2D eigenvalue weighted by Crippen LogP contribution is 2.31. The number of methoxy groups -OCH3 is 1. The third-order valence-electron chi connectivity index (χ3n) is 4.09. The minimum atomic E-state index is -0.730. The Kier molecular flexibility index (Phi) is 5.15. The van der Waals surface area contributed by atoms with E-state index in [-0.39, 0.29) is 17.9 Å². The van der Waals surface area contributed by atoms with Gasteiger partial charge in [-0.1, -0.05) is 56.3 Å². The molecule has 4 heteroatoms. The predicted octanol–water partition coefficient (Wildman–Crippen LogP) is 2.27. The van der Waals surface area contributed by atoms with Crippen LogP contribution in [0.15, 0.2) is 36.4 Å². The average molecular weight is 290 g/mol. The molecule has 1 heterocycles. The van der Waals surface area contributed by atoms with E-state index in [1.54, 1.807) is 6.92 Å². The second-order valence-electron chi connectivity index (χ2n) is 5.52. The fourth-order valence-electron chi connectivity index (χ4n) is 2.65. The largest absolute Gasteiger partial charge is 0.467 e. The molecular formula is C17H22O4. The highest BCUT2D eigenvalue weighted by molar-refractivity contribution is 5.75. The van der Waals surface area contributed by atoms with Crippen molar-refractivity contribution in [2.24, 2.45) is 11.8 Å². The van der Waals surface area contributed by atoms with Gasteiger partial charge in [-0.05, 0) is 5.56 Å². The van der Waals surface area contributed by atoms with Gasteiger partial charge in [0.15, 0.2) is 6.10 Å². The average Bonchev–Trinajstić information content (AvgIpc) is 2.52. The minimum Gasteiger partial charge on any atom is -0.467 e. The van der Waals surface area contributed by atoms with Crippen molar-refractivity contribution in [2.45, 2.75) is 32.2 Å². The maximum atomic E-state index is 11.8. The minimum absolute atomic E-state index is 0.0825. The summed E-state index contributed by atoms with van der Waals surface area (Å²) in [5.74, 6) is -0.804. The highest BCUT2D eigenvalue weighted by Gasteiger charge is 2.43. The van der Waals surface area contributed by atoms with Gasteiger partial charge in [0.25, 0.3) is 0 Å². The second-order valence-corrected chi connectivity index (χ2v) is 5.52. The zero-order valence-electron chi connectivity index (χ0n) is 12.6. The number of rotatable bonds is 3. The lowest BCUT2D eigenvalue weighted by atomic mass is 9.82. The van der Waals surface area contributed by atoms with E-state index in [0.717, 1.165) is 5.56 Å². The van der Waals surface area contributed by atoms with Gasteiger partial charge in [-0.2, -0.15) is 0 Å². The van der Waals surface area contributed by atoms with Crippen LogP contribution in [0, 0.1) is 11.8 Å². The molecule has 0 unspecified atom stereocenters. The van der Waals surface area contributed by atoms with Crippen molar-refractivity contribution in [3.63, 3.8) is 0 Å². The number of carbonyl (C=O) groups is 1. The Bertz CT molecular complexity index is 497. The van der Waals surface area contributed by atoms with E-state index in [0.29, 0.717) is 0 Å². The third-order valence-corrected chi connectivity index (χ3v) is 4.09. The van der Waals surface area contributed by atoms with E-state index in [4.69, 9.17) is 9.47 Å². The molecule has 1 fully saturated rings. The van der Waals surface area contributed by atoms with Crippen LogP contribution in [0.5, 0.6) is 0 Å². The molecule has 1 saturated heterocycles. The number of hydrogen-bond donors (Lipinski definition) is 1. The van der Waals surface area contributed by atoms with Gasteiger partial charge in [-0.25, -0.2) is 4.79 Å². The van der Waals surface area contributed by atoms with E-state index >= 15 is 0 Å². The standard InChI is InChI=1S/C17H22O4/c1-11-14(10-9-13-7-5-4-6-8-13)21-16(17(19)20-3)12(2)15(11)18/h4-12,14-16,18H,1-3H3/b10-9+/t11-,12-,14+,15-,16+/m1/s1. The molecule has 0 saturated carbocycles. The molecule has 2 rings (SSSR count). The van der Waals surface area contributed by atoms with E-state index in [1.165, 1.54) is 7.11 Å². The third kappa shape index (κ3) is 3.52. The molecule has 5 atom stereocenters. The van der Waals surface area contributed by atoms with Crippen molar-refractivity contribution < 1.29 is 19.4 Å². The van der Waals surface area contributed by atoms with Crippen molar-refractivity contribution in [1.29, 1.82) is 0 Å². The Balaban J connectivity index is 2.14. The van der Waals surface area contributed by atoms with Gasteiger partial charge in [0, 0.05) is 11.8 Å². The Morgan fingerprint density at radius 1 is 1.24 bits per heavy atom. The molecule has 1 aromatic carbocycles. The number of ether oxygens (including phenoxy) is 2. The SMILES string of the molecule is COC(=O)[C@H]1O[C@@H](/C=C/c2ccccc2)[C@@H](C)[C@@H](O)[C@H]1C. The first-order valence-electron chi connectivity index (χ1n) is 7.19. The van der Waals surface area contributed by atoms with Crippen molar-refractivity contribution >= 4 is 12.0 Å². The van der Waals surface area contributed by atoms with E-state index in [9.17, 15) is 9.90 Å². The summed E-state index contributed by atoms with van der Waals surface area (Å²) >= 11 is 0. The molecule has 1 aliphatic heterocycles. The van der Waals surface area contributed by atoms with Crippen LogP contribution in [-0.4, -0.2) is 36.5 Å². The van der Waals surface area contributed by atoms with Gasteiger partial charge in [0.1, 0.15) is 0 Å². The summed E-state index contributed by atoms with van der Waals surface area (Å²) in [6.07, 6.45) is 2.18. The number of esters is 1. The van der Waals surface area contributed by atoms with Gasteiger partial charge in [-0.15, -0.1) is 0 Å². The zero-order valence-corrected chi connectivity index (χ0v) is 12.6. The van der Waals surface area contributed by atoms with Gasteiger partial charge in [-0.3, -0.25) is 0 Å². The van der Waals surface area contributed by atoms with Crippen LogP contribution in [0.25, 0.3) is 6.08 Å². The summed E-state index contributed by atoms with van der Waals surface area (Å²) in [6, 6.07) is 9.84. The van der Waals surface area contributed by atoms with Crippen LogP contribution in [0.4, 0.5) is 0 Å². The molecular weight excluding hydrogens is 268 g/mol. The van der Waals surface area contributed by atoms with Crippen LogP contribution in [0.1, 0.15) is 19.4 Å². The summed E-state index contributed by atoms with van der Waals surface area (Å²) in [7, 11) is 1.33. The van der Waals surface area contributed by atoms with Crippen molar-refractivity contribution in [3.05, 3.63) is 42.0 Å². The summed E-state index contributed by atoms with van der Waals surface area (Å²) in [5.41, 5.74) is 1.05. The molecule has 1 aromatic rings. The molecule has 0 aromatic heterocycles. The summed E-state index contributed by atoms with van der Waals surface area (Å²) in [5, 5.41) is 10.3. The number of hydrogen-bond acceptors (Lipinski definition) is 4. The maximum absolute atomic E-state index is 11.8. The smallest absolute Gasteiger partial charge is 0.335 e. The first-order chi connectivity index (χ1) is 10.0. The fraction of sp³-hybridized carbons (Fsp3) is 0.471. The molecule has 0 amide bonds. The van der Waals surface area contributed by atoms with E-state index < -0.39 is 18.2 Å². The number of aliphatic hydroxyl groups is 1. The monoisotopic (exact) mass is 290 g/mol. The van der Waals surface area contributed by atoms with Crippen LogP contribution in [0.2, 0.25) is 0 Å². The van der Waals surface area contributed by atoms with E-state index in [2.05, 4.69) is 0 Å². The van der Waals surface area contributed by atoms with Crippen LogP contribution >= 0.6 is 0 Å². The number of benzene rings is 1. The summed E-state index contributed by atoms with van der Waals surface area (Å²) in [6.45, 7) is 3.73. The van der Waals surface area contributed by atoms with Gasteiger partial charge < -0.3 is 14.6 Å². The van der Waals surface area contributed by atoms with Crippen LogP contribution in [0.3, 0.4) is 0 Å². The normalized spacial score (nSPS) is 33.0. The van der Waals surface area contributed by atoms with Gasteiger partial charge in [0.2, 0.25) is 0 Å². The first kappa shape index (κ1) is 15.7. The molecule has 4 nitrogen and oxygen atoms in total. The Labute approximate surface area is 125 Å². The van der Waals surface area contributed by atoms with Gasteiger partial charge >= 0.3 is 5.97 Å². The highest BCUT2D eigenvalue weighted by atomic mass is 16.6. The molecule has 0 radical (unpaired) electrons.